The zero-order valence-corrected chi connectivity index (χ0v) is 8.51. The van der Waals surface area contributed by atoms with Gasteiger partial charge in [0.2, 0.25) is 0 Å². The maximum absolute atomic E-state index is 11.7. The Morgan fingerprint density at radius 2 is 2.40 bits per heavy atom. The Morgan fingerprint density at radius 1 is 1.67 bits per heavy atom. The number of aromatic nitrogens is 1. The van der Waals surface area contributed by atoms with Crippen molar-refractivity contribution in [3.05, 3.63) is 34.2 Å². The first-order chi connectivity index (χ1) is 7.15. The molecule has 1 aliphatic carbocycles. The monoisotopic (exact) mass is 207 g/mol. The highest BCUT2D eigenvalue weighted by molar-refractivity contribution is 5.86. The van der Waals surface area contributed by atoms with Crippen molar-refractivity contribution in [3.8, 4) is 0 Å². The Hall–Kier alpha value is -1.58. The van der Waals surface area contributed by atoms with Gasteiger partial charge < -0.3 is 9.67 Å². The van der Waals surface area contributed by atoms with E-state index in [9.17, 15) is 9.59 Å². The number of rotatable bonds is 3. The Bertz CT molecular complexity index is 449. The van der Waals surface area contributed by atoms with Gasteiger partial charge in [-0.05, 0) is 24.5 Å². The molecule has 0 aliphatic heterocycles. The lowest BCUT2D eigenvalue weighted by atomic mass is 10.2. The van der Waals surface area contributed by atoms with E-state index in [1.54, 1.807) is 16.8 Å². The zero-order chi connectivity index (χ0) is 11.0. The fourth-order valence-corrected chi connectivity index (χ4v) is 1.95. The first kappa shape index (κ1) is 9.96. The highest BCUT2D eigenvalue weighted by Gasteiger charge is 2.37. The van der Waals surface area contributed by atoms with Crippen LogP contribution in [0.5, 0.6) is 0 Å². The Balaban J connectivity index is 2.38. The van der Waals surface area contributed by atoms with Crippen LogP contribution in [0.4, 0.5) is 0 Å². The van der Waals surface area contributed by atoms with E-state index in [4.69, 9.17) is 5.11 Å². The standard InChI is InChI=1S/C11H13NO3/c1-2-7-6-9(7)12-5-3-4-8(10(12)13)11(14)15/h3-5,7,9H,2,6H2,1H3,(H,14,15)/t7-,9-/m1/s1. The van der Waals surface area contributed by atoms with Crippen molar-refractivity contribution in [2.75, 3.05) is 0 Å². The van der Waals surface area contributed by atoms with E-state index in [2.05, 4.69) is 6.92 Å². The lowest BCUT2D eigenvalue weighted by Gasteiger charge is -2.04. The van der Waals surface area contributed by atoms with Crippen molar-refractivity contribution in [2.24, 2.45) is 5.92 Å². The van der Waals surface area contributed by atoms with Crippen molar-refractivity contribution in [1.82, 2.24) is 4.57 Å². The molecule has 4 nitrogen and oxygen atoms in total. The molecule has 1 aliphatic rings. The van der Waals surface area contributed by atoms with E-state index >= 15 is 0 Å². The van der Waals surface area contributed by atoms with Crippen molar-refractivity contribution in [1.29, 1.82) is 0 Å². The Morgan fingerprint density at radius 3 is 2.93 bits per heavy atom. The minimum absolute atomic E-state index is 0.140. The third-order valence-electron chi connectivity index (χ3n) is 2.97. The number of carboxylic acid groups (broad SMARTS) is 1. The van der Waals surface area contributed by atoms with E-state index < -0.39 is 5.97 Å². The third-order valence-corrected chi connectivity index (χ3v) is 2.97. The quantitative estimate of drug-likeness (QED) is 0.817. The van der Waals surface area contributed by atoms with Crippen molar-refractivity contribution in [3.63, 3.8) is 0 Å². The van der Waals surface area contributed by atoms with Crippen LogP contribution in [0.1, 0.15) is 36.2 Å². The van der Waals surface area contributed by atoms with Gasteiger partial charge in [-0.2, -0.15) is 0 Å². The van der Waals surface area contributed by atoms with E-state index in [0.29, 0.717) is 5.92 Å². The molecule has 2 atom stereocenters. The fraction of sp³-hybridized carbons (Fsp3) is 0.455. The SMILES string of the molecule is CC[C@@H]1C[C@H]1n1cccc(C(=O)O)c1=O. The third kappa shape index (κ3) is 1.67. The summed E-state index contributed by atoms with van der Waals surface area (Å²) in [7, 11) is 0. The number of carboxylic acids is 1. The second-order valence-corrected chi connectivity index (χ2v) is 3.91. The molecule has 1 heterocycles. The summed E-state index contributed by atoms with van der Waals surface area (Å²) in [6.07, 6.45) is 3.70. The summed E-state index contributed by atoms with van der Waals surface area (Å²) in [5, 5.41) is 8.80. The van der Waals surface area contributed by atoms with Crippen molar-refractivity contribution >= 4 is 5.97 Å². The van der Waals surface area contributed by atoms with Gasteiger partial charge in [0.1, 0.15) is 5.56 Å². The van der Waals surface area contributed by atoms with Crippen LogP contribution in [0.25, 0.3) is 0 Å². The van der Waals surface area contributed by atoms with Crippen LogP contribution in [0.3, 0.4) is 0 Å². The molecular weight excluding hydrogens is 194 g/mol. The molecule has 15 heavy (non-hydrogen) atoms. The average molecular weight is 207 g/mol. The highest BCUT2D eigenvalue weighted by Crippen LogP contribution is 2.44. The van der Waals surface area contributed by atoms with Crippen molar-refractivity contribution < 1.29 is 9.90 Å². The largest absolute Gasteiger partial charge is 0.477 e. The number of nitrogens with zero attached hydrogens (tertiary/aromatic N) is 1. The van der Waals surface area contributed by atoms with Crippen LogP contribution in [0, 0.1) is 5.92 Å². The topological polar surface area (TPSA) is 59.3 Å². The highest BCUT2D eigenvalue weighted by atomic mass is 16.4. The fourth-order valence-electron chi connectivity index (χ4n) is 1.95. The van der Waals surface area contributed by atoms with Gasteiger partial charge in [-0.1, -0.05) is 13.3 Å². The number of hydrogen-bond acceptors (Lipinski definition) is 2. The second-order valence-electron chi connectivity index (χ2n) is 3.91. The minimum Gasteiger partial charge on any atom is -0.477 e. The second kappa shape index (κ2) is 3.53. The van der Waals surface area contributed by atoms with Gasteiger partial charge in [-0.15, -0.1) is 0 Å². The van der Waals surface area contributed by atoms with Gasteiger partial charge in [-0.25, -0.2) is 4.79 Å². The van der Waals surface area contributed by atoms with Gasteiger partial charge in [-0.3, -0.25) is 4.79 Å². The lowest BCUT2D eigenvalue weighted by molar-refractivity contribution is 0.0694. The molecule has 0 saturated heterocycles. The molecule has 2 rings (SSSR count). The molecule has 0 amide bonds. The number of carbonyl (C=O) groups is 1. The van der Waals surface area contributed by atoms with Gasteiger partial charge >= 0.3 is 5.97 Å². The zero-order valence-electron chi connectivity index (χ0n) is 8.51. The lowest BCUT2D eigenvalue weighted by Crippen LogP contribution is -2.25. The molecule has 0 spiro atoms. The summed E-state index contributed by atoms with van der Waals surface area (Å²) in [4.78, 5) is 22.5. The van der Waals surface area contributed by atoms with Crippen LogP contribution in [-0.2, 0) is 0 Å². The molecule has 0 radical (unpaired) electrons. The van der Waals surface area contributed by atoms with E-state index in [1.165, 1.54) is 6.07 Å². The molecule has 1 aromatic heterocycles. The summed E-state index contributed by atoms with van der Waals surface area (Å²) in [5.41, 5.74) is -0.523. The number of aromatic carboxylic acids is 1. The van der Waals surface area contributed by atoms with Crippen LogP contribution in [0.15, 0.2) is 23.1 Å². The maximum Gasteiger partial charge on any atom is 0.341 e. The normalized spacial score (nSPS) is 23.8. The van der Waals surface area contributed by atoms with Gasteiger partial charge in [0.15, 0.2) is 0 Å². The molecule has 0 unspecified atom stereocenters. The average Bonchev–Trinajstić information content (AvgIpc) is 2.96. The molecule has 1 fully saturated rings. The number of hydrogen-bond donors (Lipinski definition) is 1. The Labute approximate surface area is 87.2 Å². The summed E-state index contributed by atoms with van der Waals surface area (Å²) in [5.74, 6) is -0.616. The van der Waals surface area contributed by atoms with Crippen LogP contribution in [-0.4, -0.2) is 15.6 Å². The van der Waals surface area contributed by atoms with Gasteiger partial charge in [0, 0.05) is 12.2 Å². The molecule has 1 saturated carbocycles. The molecule has 4 heteroatoms. The number of pyridine rings is 1. The smallest absolute Gasteiger partial charge is 0.341 e. The first-order valence-corrected chi connectivity index (χ1v) is 5.09. The summed E-state index contributed by atoms with van der Waals surface area (Å²) in [6.45, 7) is 2.08. The van der Waals surface area contributed by atoms with Crippen molar-refractivity contribution in [2.45, 2.75) is 25.8 Å². The first-order valence-electron chi connectivity index (χ1n) is 5.09. The predicted octanol–water partition coefficient (Wildman–Crippen LogP) is 1.52. The van der Waals surface area contributed by atoms with Crippen LogP contribution >= 0.6 is 0 Å². The molecule has 1 aromatic rings. The minimum atomic E-state index is -1.15. The summed E-state index contributed by atoms with van der Waals surface area (Å²) >= 11 is 0. The van der Waals surface area contributed by atoms with E-state index in [0.717, 1.165) is 12.8 Å². The molecular formula is C11H13NO3. The van der Waals surface area contributed by atoms with Crippen LogP contribution in [0.2, 0.25) is 0 Å². The van der Waals surface area contributed by atoms with Gasteiger partial charge in [0.25, 0.3) is 5.56 Å². The maximum atomic E-state index is 11.7. The molecule has 0 bridgehead atoms. The molecule has 1 N–H and O–H groups in total. The molecule has 0 aromatic carbocycles. The Kier molecular flexibility index (Phi) is 2.34. The molecule has 80 valence electrons. The van der Waals surface area contributed by atoms with E-state index in [-0.39, 0.29) is 17.2 Å². The van der Waals surface area contributed by atoms with Crippen LogP contribution < -0.4 is 5.56 Å². The predicted molar refractivity (Wildman–Crippen MR) is 55.1 cm³/mol. The summed E-state index contributed by atoms with van der Waals surface area (Å²) in [6, 6.07) is 3.18. The summed E-state index contributed by atoms with van der Waals surface area (Å²) < 4.78 is 1.55. The van der Waals surface area contributed by atoms with Gasteiger partial charge in [0.05, 0.1) is 0 Å². The van der Waals surface area contributed by atoms with E-state index in [1.807, 2.05) is 0 Å².